The van der Waals surface area contributed by atoms with Crippen LogP contribution in [0.15, 0.2) is 30.3 Å². The van der Waals surface area contributed by atoms with Gasteiger partial charge in [-0.15, -0.1) is 0 Å². The van der Waals surface area contributed by atoms with Crippen LogP contribution in [-0.4, -0.2) is 23.9 Å². The Morgan fingerprint density at radius 1 is 1.10 bits per heavy atom. The number of hydrogen-bond donors (Lipinski definition) is 3. The van der Waals surface area contributed by atoms with Crippen LogP contribution in [0.25, 0.3) is 0 Å². The van der Waals surface area contributed by atoms with E-state index >= 15 is 0 Å². The van der Waals surface area contributed by atoms with Crippen molar-refractivity contribution >= 4 is 11.8 Å². The van der Waals surface area contributed by atoms with Gasteiger partial charge in [-0.3, -0.25) is 9.59 Å². The van der Waals surface area contributed by atoms with Crippen LogP contribution in [0.3, 0.4) is 0 Å². The SMILES string of the molecule is NC1(C(=O)NCCC(=O)NCc2ccccc2)CCCC1. The van der Waals surface area contributed by atoms with Gasteiger partial charge < -0.3 is 16.4 Å². The van der Waals surface area contributed by atoms with Crippen molar-refractivity contribution in [3.05, 3.63) is 35.9 Å². The predicted octanol–water partition coefficient (Wildman–Crippen LogP) is 1.08. The molecule has 21 heavy (non-hydrogen) atoms. The van der Waals surface area contributed by atoms with Crippen LogP contribution in [0, 0.1) is 0 Å². The average molecular weight is 289 g/mol. The lowest BCUT2D eigenvalue weighted by molar-refractivity contribution is -0.126. The van der Waals surface area contributed by atoms with E-state index in [4.69, 9.17) is 5.73 Å². The maximum Gasteiger partial charge on any atom is 0.240 e. The molecule has 0 spiro atoms. The number of amides is 2. The number of rotatable bonds is 6. The maximum absolute atomic E-state index is 12.0. The summed E-state index contributed by atoms with van der Waals surface area (Å²) in [5, 5.41) is 5.60. The molecule has 1 saturated carbocycles. The van der Waals surface area contributed by atoms with Crippen LogP contribution in [0.4, 0.5) is 0 Å². The second-order valence-electron chi connectivity index (χ2n) is 5.63. The highest BCUT2D eigenvalue weighted by molar-refractivity contribution is 5.86. The van der Waals surface area contributed by atoms with Crippen molar-refractivity contribution in [1.82, 2.24) is 10.6 Å². The van der Waals surface area contributed by atoms with Gasteiger partial charge in [0.2, 0.25) is 11.8 Å². The van der Waals surface area contributed by atoms with E-state index in [9.17, 15) is 9.59 Å². The summed E-state index contributed by atoms with van der Waals surface area (Å²) >= 11 is 0. The molecule has 2 amide bonds. The van der Waals surface area contributed by atoms with Crippen LogP contribution in [0.1, 0.15) is 37.7 Å². The van der Waals surface area contributed by atoms with Gasteiger partial charge in [-0.05, 0) is 18.4 Å². The van der Waals surface area contributed by atoms with E-state index in [1.807, 2.05) is 30.3 Å². The minimum Gasteiger partial charge on any atom is -0.354 e. The van der Waals surface area contributed by atoms with Gasteiger partial charge in [-0.2, -0.15) is 0 Å². The van der Waals surface area contributed by atoms with Crippen molar-refractivity contribution in [2.45, 2.75) is 44.2 Å². The smallest absolute Gasteiger partial charge is 0.240 e. The lowest BCUT2D eigenvalue weighted by Crippen LogP contribution is -2.52. The van der Waals surface area contributed by atoms with Gasteiger partial charge in [0.05, 0.1) is 5.54 Å². The molecule has 1 aromatic carbocycles. The van der Waals surface area contributed by atoms with Gasteiger partial charge >= 0.3 is 0 Å². The van der Waals surface area contributed by atoms with E-state index in [-0.39, 0.29) is 18.2 Å². The predicted molar refractivity (Wildman–Crippen MR) is 81.3 cm³/mol. The number of nitrogens with two attached hydrogens (primary N) is 1. The fourth-order valence-electron chi connectivity index (χ4n) is 2.58. The fourth-order valence-corrected chi connectivity index (χ4v) is 2.58. The highest BCUT2D eigenvalue weighted by atomic mass is 16.2. The summed E-state index contributed by atoms with van der Waals surface area (Å²) in [4.78, 5) is 23.7. The lowest BCUT2D eigenvalue weighted by atomic mass is 9.98. The second kappa shape index (κ2) is 7.22. The Kier molecular flexibility index (Phi) is 5.33. The molecule has 0 heterocycles. The van der Waals surface area contributed by atoms with Crippen molar-refractivity contribution < 1.29 is 9.59 Å². The third kappa shape index (κ3) is 4.56. The molecular weight excluding hydrogens is 266 g/mol. The van der Waals surface area contributed by atoms with E-state index in [1.165, 1.54) is 0 Å². The van der Waals surface area contributed by atoms with E-state index in [2.05, 4.69) is 10.6 Å². The van der Waals surface area contributed by atoms with E-state index < -0.39 is 5.54 Å². The molecule has 5 heteroatoms. The number of carbonyl (C=O) groups excluding carboxylic acids is 2. The summed E-state index contributed by atoms with van der Waals surface area (Å²) in [5.74, 6) is -0.201. The van der Waals surface area contributed by atoms with Crippen molar-refractivity contribution in [2.24, 2.45) is 5.73 Å². The molecule has 114 valence electrons. The Morgan fingerprint density at radius 3 is 2.43 bits per heavy atom. The largest absolute Gasteiger partial charge is 0.354 e. The minimum absolute atomic E-state index is 0.0725. The van der Waals surface area contributed by atoms with Gasteiger partial charge in [-0.1, -0.05) is 43.2 Å². The van der Waals surface area contributed by atoms with Crippen molar-refractivity contribution in [2.75, 3.05) is 6.54 Å². The summed E-state index contributed by atoms with van der Waals surface area (Å²) in [6.07, 6.45) is 3.75. The lowest BCUT2D eigenvalue weighted by Gasteiger charge is -2.22. The maximum atomic E-state index is 12.0. The molecule has 1 aliphatic rings. The third-order valence-electron chi connectivity index (χ3n) is 3.92. The number of carbonyl (C=O) groups is 2. The molecule has 0 aliphatic heterocycles. The Labute approximate surface area is 125 Å². The first-order valence-corrected chi connectivity index (χ1v) is 7.48. The van der Waals surface area contributed by atoms with Crippen LogP contribution in [0.5, 0.6) is 0 Å². The first-order valence-electron chi connectivity index (χ1n) is 7.48. The van der Waals surface area contributed by atoms with Gasteiger partial charge in [0.25, 0.3) is 0 Å². The zero-order chi connectivity index (χ0) is 15.1. The molecule has 1 fully saturated rings. The highest BCUT2D eigenvalue weighted by Gasteiger charge is 2.36. The Balaban J connectivity index is 1.64. The summed E-state index contributed by atoms with van der Waals surface area (Å²) in [6, 6.07) is 9.72. The molecule has 1 aliphatic carbocycles. The van der Waals surface area contributed by atoms with Gasteiger partial charge in [-0.25, -0.2) is 0 Å². The molecule has 2 rings (SSSR count). The van der Waals surface area contributed by atoms with E-state index in [0.29, 0.717) is 13.1 Å². The van der Waals surface area contributed by atoms with Gasteiger partial charge in [0.15, 0.2) is 0 Å². The van der Waals surface area contributed by atoms with Crippen LogP contribution < -0.4 is 16.4 Å². The molecule has 0 unspecified atom stereocenters. The second-order valence-corrected chi connectivity index (χ2v) is 5.63. The molecule has 4 N–H and O–H groups in total. The van der Waals surface area contributed by atoms with Crippen LogP contribution in [-0.2, 0) is 16.1 Å². The van der Waals surface area contributed by atoms with Crippen molar-refractivity contribution in [3.8, 4) is 0 Å². The van der Waals surface area contributed by atoms with Crippen LogP contribution >= 0.6 is 0 Å². The number of hydrogen-bond acceptors (Lipinski definition) is 3. The first-order chi connectivity index (χ1) is 10.1. The molecule has 0 saturated heterocycles. The molecule has 5 nitrogen and oxygen atoms in total. The summed E-state index contributed by atoms with van der Waals surface area (Å²) < 4.78 is 0. The quantitative estimate of drug-likeness (QED) is 0.732. The molecule has 1 aromatic rings. The zero-order valence-corrected chi connectivity index (χ0v) is 12.2. The molecule has 0 bridgehead atoms. The van der Waals surface area contributed by atoms with Crippen molar-refractivity contribution in [3.63, 3.8) is 0 Å². The standard InChI is InChI=1S/C16H23N3O2/c17-16(9-4-5-10-16)15(21)18-11-8-14(20)19-12-13-6-2-1-3-7-13/h1-3,6-7H,4-5,8-12,17H2,(H,18,21)(H,19,20). The van der Waals surface area contributed by atoms with E-state index in [1.54, 1.807) is 0 Å². The number of benzene rings is 1. The summed E-state index contributed by atoms with van der Waals surface area (Å²) in [7, 11) is 0. The average Bonchev–Trinajstić information content (AvgIpc) is 2.94. The molecule has 0 atom stereocenters. The Bertz CT molecular complexity index is 482. The summed E-state index contributed by atoms with van der Waals surface area (Å²) in [6.45, 7) is 0.840. The zero-order valence-electron chi connectivity index (χ0n) is 12.2. The third-order valence-corrected chi connectivity index (χ3v) is 3.92. The van der Waals surface area contributed by atoms with Crippen LogP contribution in [0.2, 0.25) is 0 Å². The first kappa shape index (κ1) is 15.5. The number of nitrogens with one attached hydrogen (secondary N) is 2. The fraction of sp³-hybridized carbons (Fsp3) is 0.500. The topological polar surface area (TPSA) is 84.2 Å². The van der Waals surface area contributed by atoms with Gasteiger partial charge in [0.1, 0.15) is 0 Å². The summed E-state index contributed by atoms with van der Waals surface area (Å²) in [5.41, 5.74) is 6.38. The normalized spacial score (nSPS) is 16.4. The Hall–Kier alpha value is -1.88. The van der Waals surface area contributed by atoms with E-state index in [0.717, 1.165) is 31.2 Å². The minimum atomic E-state index is -0.722. The molecular formula is C16H23N3O2. The highest BCUT2D eigenvalue weighted by Crippen LogP contribution is 2.27. The molecule has 0 aromatic heterocycles. The molecule has 0 radical (unpaired) electrons. The van der Waals surface area contributed by atoms with Gasteiger partial charge in [0, 0.05) is 19.5 Å². The Morgan fingerprint density at radius 2 is 1.76 bits per heavy atom. The van der Waals surface area contributed by atoms with Crippen molar-refractivity contribution in [1.29, 1.82) is 0 Å². The monoisotopic (exact) mass is 289 g/mol.